The van der Waals surface area contributed by atoms with Crippen LogP contribution in [-0.4, -0.2) is 31.9 Å². The van der Waals surface area contributed by atoms with Gasteiger partial charge in [-0.2, -0.15) is 0 Å². The van der Waals surface area contributed by atoms with Gasteiger partial charge in [0, 0.05) is 31.4 Å². The summed E-state index contributed by atoms with van der Waals surface area (Å²) >= 11 is 0. The van der Waals surface area contributed by atoms with Gasteiger partial charge in [0.15, 0.2) is 0 Å². The van der Waals surface area contributed by atoms with Crippen LogP contribution in [0.1, 0.15) is 33.1 Å². The normalized spacial score (nSPS) is 12.9. The second-order valence-corrected chi connectivity index (χ2v) is 6.36. The molecule has 0 saturated carbocycles. The molecular formula is C13H21N3O3S. The zero-order valence-corrected chi connectivity index (χ0v) is 12.6. The molecule has 1 aromatic heterocycles. The van der Waals surface area contributed by atoms with Crippen LogP contribution in [0, 0.1) is 0 Å². The van der Waals surface area contributed by atoms with Gasteiger partial charge >= 0.3 is 0 Å². The largest absolute Gasteiger partial charge is 0.354 e. The number of nitrogens with zero attached hydrogens (tertiary/aromatic N) is 1. The van der Waals surface area contributed by atoms with Crippen molar-refractivity contribution in [3.8, 4) is 0 Å². The molecule has 2 N–H and O–H groups in total. The van der Waals surface area contributed by atoms with Crippen LogP contribution < -0.4 is 10.0 Å². The minimum Gasteiger partial charge on any atom is -0.354 e. The predicted molar refractivity (Wildman–Crippen MR) is 76.6 cm³/mol. The molecule has 1 rings (SSSR count). The number of carbonyl (C=O) groups is 1. The van der Waals surface area contributed by atoms with Crippen LogP contribution >= 0.6 is 0 Å². The van der Waals surface area contributed by atoms with Crippen LogP contribution in [0.3, 0.4) is 0 Å². The lowest BCUT2D eigenvalue weighted by Gasteiger charge is -2.12. The van der Waals surface area contributed by atoms with Gasteiger partial charge < -0.3 is 5.32 Å². The summed E-state index contributed by atoms with van der Waals surface area (Å²) in [6.07, 6.45) is 4.79. The number of rotatable bonds is 8. The first-order valence-electron chi connectivity index (χ1n) is 6.64. The number of pyridine rings is 1. The minimum absolute atomic E-state index is 0.0713. The summed E-state index contributed by atoms with van der Waals surface area (Å²) in [7, 11) is -3.59. The van der Waals surface area contributed by atoms with Gasteiger partial charge in [-0.25, -0.2) is 13.1 Å². The molecule has 1 unspecified atom stereocenters. The molecule has 0 bridgehead atoms. The molecule has 0 fully saturated rings. The number of carbonyl (C=O) groups excluding carboxylic acids is 1. The lowest BCUT2D eigenvalue weighted by atomic mass is 10.2. The molecule has 0 aliphatic rings. The molecule has 6 nitrogen and oxygen atoms in total. The van der Waals surface area contributed by atoms with Gasteiger partial charge in [-0.1, -0.05) is 13.3 Å². The molecule has 0 aliphatic heterocycles. The Morgan fingerprint density at radius 1 is 1.45 bits per heavy atom. The predicted octanol–water partition coefficient (Wildman–Crippen LogP) is 1.05. The molecule has 1 aromatic rings. The second kappa shape index (κ2) is 7.96. The van der Waals surface area contributed by atoms with Gasteiger partial charge in [0.2, 0.25) is 15.9 Å². The second-order valence-electron chi connectivity index (χ2n) is 4.59. The van der Waals surface area contributed by atoms with Gasteiger partial charge in [-0.3, -0.25) is 9.78 Å². The third-order valence-electron chi connectivity index (χ3n) is 2.72. The van der Waals surface area contributed by atoms with Crippen LogP contribution in [0.4, 0.5) is 0 Å². The lowest BCUT2D eigenvalue weighted by molar-refractivity contribution is -0.121. The SMILES string of the molecule is CCCC(C)NC(=O)CCNS(=O)(=O)c1cccnc1. The molecule has 1 heterocycles. The summed E-state index contributed by atoms with van der Waals surface area (Å²) in [5.74, 6) is -0.153. The average molecular weight is 299 g/mol. The third-order valence-corrected chi connectivity index (χ3v) is 4.16. The van der Waals surface area contributed by atoms with E-state index < -0.39 is 10.0 Å². The van der Waals surface area contributed by atoms with E-state index in [9.17, 15) is 13.2 Å². The Bertz CT molecular complexity index is 517. The summed E-state index contributed by atoms with van der Waals surface area (Å²) < 4.78 is 26.1. The van der Waals surface area contributed by atoms with E-state index in [-0.39, 0.29) is 29.8 Å². The van der Waals surface area contributed by atoms with E-state index in [1.54, 1.807) is 6.07 Å². The highest BCUT2D eigenvalue weighted by Crippen LogP contribution is 2.05. The van der Waals surface area contributed by atoms with Gasteiger partial charge in [0.1, 0.15) is 4.90 Å². The minimum atomic E-state index is -3.59. The van der Waals surface area contributed by atoms with Crippen molar-refractivity contribution in [2.75, 3.05) is 6.54 Å². The zero-order valence-electron chi connectivity index (χ0n) is 11.8. The van der Waals surface area contributed by atoms with Crippen molar-refractivity contribution in [3.63, 3.8) is 0 Å². The van der Waals surface area contributed by atoms with Crippen LogP contribution in [0.25, 0.3) is 0 Å². The monoisotopic (exact) mass is 299 g/mol. The van der Waals surface area contributed by atoms with Gasteiger partial charge in [-0.15, -0.1) is 0 Å². The summed E-state index contributed by atoms with van der Waals surface area (Å²) in [4.78, 5) is 15.4. The summed E-state index contributed by atoms with van der Waals surface area (Å²) in [5.41, 5.74) is 0. The highest BCUT2D eigenvalue weighted by atomic mass is 32.2. The van der Waals surface area contributed by atoms with Crippen molar-refractivity contribution >= 4 is 15.9 Å². The Balaban J connectivity index is 2.39. The molecule has 0 radical (unpaired) electrons. The average Bonchev–Trinajstić information content (AvgIpc) is 2.39. The van der Waals surface area contributed by atoms with Crippen molar-refractivity contribution in [1.29, 1.82) is 0 Å². The van der Waals surface area contributed by atoms with Crippen LogP contribution in [-0.2, 0) is 14.8 Å². The van der Waals surface area contributed by atoms with Gasteiger partial charge in [-0.05, 0) is 25.5 Å². The molecular weight excluding hydrogens is 278 g/mol. The molecule has 20 heavy (non-hydrogen) atoms. The highest BCUT2D eigenvalue weighted by molar-refractivity contribution is 7.89. The summed E-state index contributed by atoms with van der Waals surface area (Å²) in [6, 6.07) is 3.12. The van der Waals surface area contributed by atoms with Crippen LogP contribution in [0.2, 0.25) is 0 Å². The lowest BCUT2D eigenvalue weighted by Crippen LogP contribution is -2.35. The molecule has 7 heteroatoms. The number of sulfonamides is 1. The van der Waals surface area contributed by atoms with E-state index in [0.29, 0.717) is 0 Å². The Hall–Kier alpha value is -1.47. The standard InChI is InChI=1S/C13H21N3O3S/c1-3-5-11(2)16-13(17)7-9-15-20(18,19)12-6-4-8-14-10-12/h4,6,8,10-11,15H,3,5,7,9H2,1-2H3,(H,16,17). The number of nitrogens with one attached hydrogen (secondary N) is 2. The Morgan fingerprint density at radius 2 is 2.20 bits per heavy atom. The van der Waals surface area contributed by atoms with Crippen LogP contribution in [0.5, 0.6) is 0 Å². The molecule has 1 amide bonds. The Labute approximate surface area is 120 Å². The van der Waals surface area contributed by atoms with Crippen LogP contribution in [0.15, 0.2) is 29.4 Å². The Kier molecular flexibility index (Phi) is 6.60. The smallest absolute Gasteiger partial charge is 0.242 e. The van der Waals surface area contributed by atoms with E-state index in [2.05, 4.69) is 15.0 Å². The van der Waals surface area contributed by atoms with E-state index in [1.165, 1.54) is 18.5 Å². The van der Waals surface area contributed by atoms with Gasteiger partial charge in [0.25, 0.3) is 0 Å². The number of hydrogen-bond acceptors (Lipinski definition) is 4. The number of aromatic nitrogens is 1. The topological polar surface area (TPSA) is 88.2 Å². The Morgan fingerprint density at radius 3 is 2.80 bits per heavy atom. The summed E-state index contributed by atoms with van der Waals surface area (Å²) in [5, 5.41) is 2.82. The molecule has 0 aromatic carbocycles. The first-order chi connectivity index (χ1) is 9.45. The first kappa shape index (κ1) is 16.6. The van der Waals surface area contributed by atoms with E-state index in [4.69, 9.17) is 0 Å². The van der Waals surface area contributed by atoms with E-state index in [1.807, 2.05) is 13.8 Å². The summed E-state index contributed by atoms with van der Waals surface area (Å²) in [6.45, 7) is 4.05. The molecule has 112 valence electrons. The first-order valence-corrected chi connectivity index (χ1v) is 8.13. The highest BCUT2D eigenvalue weighted by Gasteiger charge is 2.14. The fourth-order valence-electron chi connectivity index (χ4n) is 1.74. The van der Waals surface area contributed by atoms with Crippen molar-refractivity contribution in [1.82, 2.24) is 15.0 Å². The van der Waals surface area contributed by atoms with Crippen molar-refractivity contribution in [2.45, 2.75) is 44.0 Å². The molecule has 1 atom stereocenters. The maximum absolute atomic E-state index is 11.9. The molecule has 0 aliphatic carbocycles. The fraction of sp³-hybridized carbons (Fsp3) is 0.538. The molecule has 0 saturated heterocycles. The van der Waals surface area contributed by atoms with Gasteiger partial charge in [0.05, 0.1) is 0 Å². The van der Waals surface area contributed by atoms with Crippen molar-refractivity contribution < 1.29 is 13.2 Å². The number of amides is 1. The molecule has 0 spiro atoms. The maximum atomic E-state index is 11.9. The quantitative estimate of drug-likeness (QED) is 0.751. The van der Waals surface area contributed by atoms with Crippen molar-refractivity contribution in [2.24, 2.45) is 0 Å². The maximum Gasteiger partial charge on any atom is 0.242 e. The van der Waals surface area contributed by atoms with E-state index in [0.717, 1.165) is 12.8 Å². The third kappa shape index (κ3) is 5.66. The zero-order chi connectivity index (χ0) is 15.0. The van der Waals surface area contributed by atoms with Crippen molar-refractivity contribution in [3.05, 3.63) is 24.5 Å². The van der Waals surface area contributed by atoms with E-state index >= 15 is 0 Å². The number of hydrogen-bond donors (Lipinski definition) is 2. The fourth-order valence-corrected chi connectivity index (χ4v) is 2.74.